The molecule has 246 valence electrons. The fourth-order valence-corrected chi connectivity index (χ4v) is 8.62. The SMILES string of the molecule is C=CCN(Cc1ccccc1)C(=O)[C@H]1[C@H]2C(=O)N(CCCCCCO)C(C(=O)N(CC=C)c3cc(C)ccc3C)C23CC(Br)[C@@H]1O3. The van der Waals surface area contributed by atoms with Gasteiger partial charge in [-0.25, -0.2) is 0 Å². The normalized spacial score (nSPS) is 26.2. The van der Waals surface area contributed by atoms with Crippen LogP contribution in [0.4, 0.5) is 5.69 Å². The highest BCUT2D eigenvalue weighted by Gasteiger charge is 2.76. The maximum atomic E-state index is 14.9. The maximum Gasteiger partial charge on any atom is 0.253 e. The third kappa shape index (κ3) is 6.34. The zero-order valence-electron chi connectivity index (χ0n) is 26.9. The number of carbonyl (C=O) groups excluding carboxylic acids is 3. The predicted octanol–water partition coefficient (Wildman–Crippen LogP) is 5.34. The summed E-state index contributed by atoms with van der Waals surface area (Å²) >= 11 is 3.81. The first-order valence-corrected chi connectivity index (χ1v) is 17.3. The highest BCUT2D eigenvalue weighted by molar-refractivity contribution is 9.09. The summed E-state index contributed by atoms with van der Waals surface area (Å²) < 4.78 is 6.82. The number of alkyl halides is 1. The summed E-state index contributed by atoms with van der Waals surface area (Å²) in [6.07, 6.45) is 6.33. The van der Waals surface area contributed by atoms with Crippen molar-refractivity contribution in [1.29, 1.82) is 0 Å². The smallest absolute Gasteiger partial charge is 0.253 e. The number of aliphatic hydroxyl groups is 1. The lowest BCUT2D eigenvalue weighted by Crippen LogP contribution is -2.57. The molecule has 46 heavy (non-hydrogen) atoms. The van der Waals surface area contributed by atoms with E-state index in [4.69, 9.17) is 4.74 Å². The molecule has 2 bridgehead atoms. The van der Waals surface area contributed by atoms with Crippen LogP contribution in [0.5, 0.6) is 0 Å². The summed E-state index contributed by atoms with van der Waals surface area (Å²) in [5, 5.41) is 9.27. The van der Waals surface area contributed by atoms with Crippen LogP contribution in [-0.4, -0.2) is 81.4 Å². The van der Waals surface area contributed by atoms with Gasteiger partial charge >= 0.3 is 0 Å². The number of hydrogen-bond acceptors (Lipinski definition) is 5. The number of halogens is 1. The largest absolute Gasteiger partial charge is 0.396 e. The number of nitrogens with zero attached hydrogens (tertiary/aromatic N) is 3. The summed E-state index contributed by atoms with van der Waals surface area (Å²) in [5.41, 5.74) is 2.57. The third-order valence-electron chi connectivity index (χ3n) is 9.73. The van der Waals surface area contributed by atoms with E-state index >= 15 is 0 Å². The van der Waals surface area contributed by atoms with Crippen LogP contribution in [0.15, 0.2) is 73.8 Å². The number of aliphatic hydroxyl groups excluding tert-OH is 1. The van der Waals surface area contributed by atoms with Gasteiger partial charge in [0.25, 0.3) is 5.91 Å². The van der Waals surface area contributed by atoms with Crippen molar-refractivity contribution in [2.24, 2.45) is 11.8 Å². The molecule has 0 radical (unpaired) electrons. The van der Waals surface area contributed by atoms with Crippen molar-refractivity contribution in [3.8, 4) is 0 Å². The summed E-state index contributed by atoms with van der Waals surface area (Å²) in [7, 11) is 0. The molecule has 3 unspecified atom stereocenters. The second-order valence-electron chi connectivity index (χ2n) is 12.9. The van der Waals surface area contributed by atoms with Crippen molar-refractivity contribution in [3.63, 3.8) is 0 Å². The Morgan fingerprint density at radius 2 is 1.76 bits per heavy atom. The molecule has 6 atom stereocenters. The number of amides is 3. The zero-order valence-corrected chi connectivity index (χ0v) is 28.5. The number of ether oxygens (including phenoxy) is 1. The van der Waals surface area contributed by atoms with Gasteiger partial charge < -0.3 is 24.5 Å². The summed E-state index contributed by atoms with van der Waals surface area (Å²) in [6, 6.07) is 14.9. The van der Waals surface area contributed by atoms with Crippen molar-refractivity contribution in [1.82, 2.24) is 9.80 Å². The van der Waals surface area contributed by atoms with Gasteiger partial charge in [-0.15, -0.1) is 13.2 Å². The van der Waals surface area contributed by atoms with Crippen LogP contribution in [-0.2, 0) is 25.7 Å². The quantitative estimate of drug-likeness (QED) is 0.155. The molecule has 3 aliphatic rings. The number of unbranched alkanes of at least 4 members (excludes halogenated alkanes) is 3. The van der Waals surface area contributed by atoms with Crippen LogP contribution in [0, 0.1) is 25.7 Å². The Hall–Kier alpha value is -3.27. The first kappa shape index (κ1) is 34.1. The van der Waals surface area contributed by atoms with Crippen LogP contribution in [0.2, 0.25) is 0 Å². The zero-order chi connectivity index (χ0) is 33.0. The molecule has 3 aliphatic heterocycles. The van der Waals surface area contributed by atoms with E-state index in [1.165, 1.54) is 0 Å². The van der Waals surface area contributed by atoms with Crippen molar-refractivity contribution in [2.75, 3.05) is 31.1 Å². The molecule has 0 aromatic heterocycles. The molecule has 8 nitrogen and oxygen atoms in total. The van der Waals surface area contributed by atoms with Gasteiger partial charge in [-0.3, -0.25) is 14.4 Å². The lowest BCUT2D eigenvalue weighted by atomic mass is 9.70. The number of anilines is 1. The van der Waals surface area contributed by atoms with Crippen molar-refractivity contribution < 1.29 is 24.2 Å². The Kier molecular flexibility index (Phi) is 10.9. The number of aryl methyl sites for hydroxylation is 2. The molecule has 0 aliphatic carbocycles. The minimum atomic E-state index is -1.15. The van der Waals surface area contributed by atoms with Crippen molar-refractivity contribution in [3.05, 3.63) is 90.5 Å². The first-order chi connectivity index (χ1) is 22.2. The van der Waals surface area contributed by atoms with E-state index in [1.54, 1.807) is 26.9 Å². The topological polar surface area (TPSA) is 90.4 Å². The van der Waals surface area contributed by atoms with Crippen molar-refractivity contribution >= 4 is 39.3 Å². The van der Waals surface area contributed by atoms with Gasteiger partial charge in [0.2, 0.25) is 11.8 Å². The lowest BCUT2D eigenvalue weighted by molar-refractivity contribution is -0.145. The van der Waals surface area contributed by atoms with E-state index in [0.29, 0.717) is 38.9 Å². The summed E-state index contributed by atoms with van der Waals surface area (Å²) in [6.45, 7) is 13.3. The highest BCUT2D eigenvalue weighted by Crippen LogP contribution is 2.60. The first-order valence-electron chi connectivity index (χ1n) is 16.3. The minimum absolute atomic E-state index is 0.122. The van der Waals surface area contributed by atoms with Gasteiger partial charge in [0.05, 0.1) is 17.9 Å². The number of fused-ring (bicyclic) bond motifs is 1. The van der Waals surface area contributed by atoms with Gasteiger partial charge in [0, 0.05) is 43.3 Å². The summed E-state index contributed by atoms with van der Waals surface area (Å²) in [4.78, 5) is 49.0. The molecule has 1 N–H and O–H groups in total. The molecule has 3 saturated heterocycles. The number of carbonyl (C=O) groups is 3. The Labute approximate surface area is 281 Å². The average Bonchev–Trinajstić information content (AvgIpc) is 3.64. The van der Waals surface area contributed by atoms with E-state index in [-0.39, 0.29) is 35.7 Å². The van der Waals surface area contributed by atoms with Crippen LogP contribution >= 0.6 is 15.9 Å². The summed E-state index contributed by atoms with van der Waals surface area (Å²) in [5.74, 6) is -2.10. The molecular formula is C37H46BrN3O5. The maximum absolute atomic E-state index is 14.9. The minimum Gasteiger partial charge on any atom is -0.396 e. The van der Waals surface area contributed by atoms with E-state index in [2.05, 4.69) is 29.1 Å². The standard InChI is InChI=1S/C37H46BrN3O5/c1-5-18-39(24-27-14-10-9-11-15-27)34(43)30-31-35(44)41(20-12-7-8-13-21-42)33(37(31)23-28(38)32(30)46-37)36(45)40(19-6-2)29-22-25(3)16-17-26(29)4/h5-6,9-11,14-17,22,28,30-33,42H,1-2,7-8,12-13,18-21,23-24H2,3-4H3/t28?,30-,31-,32-,33?,37?/m0/s1. The van der Waals surface area contributed by atoms with E-state index in [9.17, 15) is 19.5 Å². The molecule has 2 aromatic rings. The van der Waals surface area contributed by atoms with Crippen LogP contribution in [0.25, 0.3) is 0 Å². The molecular weight excluding hydrogens is 646 g/mol. The molecule has 9 heteroatoms. The molecule has 5 rings (SSSR count). The van der Waals surface area contributed by atoms with Gasteiger partial charge in [-0.05, 0) is 55.9 Å². The van der Waals surface area contributed by atoms with Gasteiger partial charge in [-0.1, -0.05) is 83.4 Å². The molecule has 2 aromatic carbocycles. The Bertz CT molecular complexity index is 1450. The van der Waals surface area contributed by atoms with E-state index in [1.807, 2.05) is 62.4 Å². The second kappa shape index (κ2) is 14.7. The number of hydrogen-bond donors (Lipinski definition) is 1. The predicted molar refractivity (Wildman–Crippen MR) is 183 cm³/mol. The van der Waals surface area contributed by atoms with Gasteiger partial charge in [-0.2, -0.15) is 0 Å². The van der Waals surface area contributed by atoms with Crippen LogP contribution < -0.4 is 4.90 Å². The van der Waals surface area contributed by atoms with Gasteiger partial charge in [0.1, 0.15) is 11.6 Å². The van der Waals surface area contributed by atoms with E-state index in [0.717, 1.165) is 35.2 Å². The Morgan fingerprint density at radius 3 is 2.46 bits per heavy atom. The lowest BCUT2D eigenvalue weighted by Gasteiger charge is -2.38. The monoisotopic (exact) mass is 691 g/mol. The van der Waals surface area contributed by atoms with Crippen LogP contribution in [0.1, 0.15) is 48.8 Å². The Morgan fingerprint density at radius 1 is 1.04 bits per heavy atom. The molecule has 1 spiro atoms. The fourth-order valence-electron chi connectivity index (χ4n) is 7.68. The third-order valence-corrected chi connectivity index (χ3v) is 10.6. The molecule has 3 amide bonds. The highest BCUT2D eigenvalue weighted by atomic mass is 79.9. The average molecular weight is 693 g/mol. The number of rotatable bonds is 15. The molecule has 0 saturated carbocycles. The fraction of sp³-hybridized carbons (Fsp3) is 0.486. The molecule has 3 fully saturated rings. The number of likely N-dealkylation sites (tertiary alicyclic amines) is 1. The molecule has 3 heterocycles. The number of benzene rings is 2. The van der Waals surface area contributed by atoms with Gasteiger partial charge in [0.15, 0.2) is 0 Å². The van der Waals surface area contributed by atoms with Crippen LogP contribution in [0.3, 0.4) is 0 Å². The van der Waals surface area contributed by atoms with E-state index < -0.39 is 29.6 Å². The van der Waals surface area contributed by atoms with Crippen molar-refractivity contribution in [2.45, 2.75) is 75.1 Å². The Balaban J connectivity index is 1.54. The second-order valence-corrected chi connectivity index (χ2v) is 14.0.